The number of H-pyrrole nitrogens is 1. The third-order valence-corrected chi connectivity index (χ3v) is 4.83. The summed E-state index contributed by atoms with van der Waals surface area (Å²) in [6.07, 6.45) is 1.68. The molecule has 1 heterocycles. The predicted octanol–water partition coefficient (Wildman–Crippen LogP) is 5.78. The van der Waals surface area contributed by atoms with E-state index in [0.29, 0.717) is 26.6 Å². The molecule has 0 aliphatic carbocycles. The van der Waals surface area contributed by atoms with Crippen molar-refractivity contribution in [3.63, 3.8) is 0 Å². The van der Waals surface area contributed by atoms with Crippen molar-refractivity contribution in [1.29, 1.82) is 0 Å². The first kappa shape index (κ1) is 14.6. The molecular formula is C16H10BrCl2NO. The van der Waals surface area contributed by atoms with Crippen LogP contribution in [0, 0.1) is 6.92 Å². The maximum absolute atomic E-state index is 12.8. The molecular weight excluding hydrogens is 373 g/mol. The first-order chi connectivity index (χ1) is 9.99. The Morgan fingerprint density at radius 1 is 1.19 bits per heavy atom. The Morgan fingerprint density at radius 3 is 2.71 bits per heavy atom. The third-order valence-electron chi connectivity index (χ3n) is 3.45. The van der Waals surface area contributed by atoms with E-state index in [9.17, 15) is 4.79 Å². The zero-order valence-electron chi connectivity index (χ0n) is 11.0. The summed E-state index contributed by atoms with van der Waals surface area (Å²) < 4.78 is 0.905. The molecule has 0 aliphatic rings. The van der Waals surface area contributed by atoms with E-state index in [1.54, 1.807) is 18.3 Å². The molecule has 21 heavy (non-hydrogen) atoms. The lowest BCUT2D eigenvalue weighted by atomic mass is 9.99. The van der Waals surface area contributed by atoms with E-state index >= 15 is 0 Å². The summed E-state index contributed by atoms with van der Waals surface area (Å²) in [5, 5.41) is 1.70. The number of carbonyl (C=O) groups excluding carboxylic acids is 1. The van der Waals surface area contributed by atoms with Gasteiger partial charge in [0.1, 0.15) is 0 Å². The zero-order valence-corrected chi connectivity index (χ0v) is 14.1. The fraction of sp³-hybridized carbons (Fsp3) is 0.0625. The molecule has 106 valence electrons. The number of benzene rings is 2. The Bertz CT molecular complexity index is 870. The van der Waals surface area contributed by atoms with Crippen LogP contribution in [-0.4, -0.2) is 10.8 Å². The highest BCUT2D eigenvalue weighted by Gasteiger charge is 2.19. The van der Waals surface area contributed by atoms with Gasteiger partial charge in [-0.25, -0.2) is 0 Å². The van der Waals surface area contributed by atoms with Gasteiger partial charge in [0.05, 0.1) is 5.02 Å². The molecule has 0 fully saturated rings. The first-order valence-electron chi connectivity index (χ1n) is 6.25. The smallest absolute Gasteiger partial charge is 0.195 e. The average Bonchev–Trinajstić information content (AvgIpc) is 2.85. The summed E-state index contributed by atoms with van der Waals surface area (Å²) in [5.41, 5.74) is 2.86. The number of hydrogen-bond acceptors (Lipinski definition) is 1. The van der Waals surface area contributed by atoms with Gasteiger partial charge in [-0.15, -0.1) is 0 Å². The van der Waals surface area contributed by atoms with E-state index in [2.05, 4.69) is 20.9 Å². The lowest BCUT2D eigenvalue weighted by molar-refractivity contribution is 0.103. The highest BCUT2D eigenvalue weighted by atomic mass is 79.9. The van der Waals surface area contributed by atoms with Gasteiger partial charge in [-0.05, 0) is 30.7 Å². The summed E-state index contributed by atoms with van der Waals surface area (Å²) in [4.78, 5) is 15.9. The average molecular weight is 383 g/mol. The van der Waals surface area contributed by atoms with Crippen molar-refractivity contribution in [2.45, 2.75) is 6.92 Å². The van der Waals surface area contributed by atoms with E-state index in [4.69, 9.17) is 23.2 Å². The summed E-state index contributed by atoms with van der Waals surface area (Å²) in [7, 11) is 0. The van der Waals surface area contributed by atoms with E-state index in [1.165, 1.54) is 0 Å². The minimum atomic E-state index is -0.0655. The first-order valence-corrected chi connectivity index (χ1v) is 7.80. The fourth-order valence-corrected chi connectivity index (χ4v) is 3.32. The highest BCUT2D eigenvalue weighted by molar-refractivity contribution is 9.10. The van der Waals surface area contributed by atoms with Crippen LogP contribution in [0.15, 0.2) is 41.0 Å². The second-order valence-corrected chi connectivity index (χ2v) is 6.45. The van der Waals surface area contributed by atoms with Crippen molar-refractivity contribution < 1.29 is 4.79 Å². The monoisotopic (exact) mass is 381 g/mol. The van der Waals surface area contributed by atoms with Gasteiger partial charge < -0.3 is 4.98 Å². The Morgan fingerprint density at radius 2 is 1.95 bits per heavy atom. The molecule has 0 amide bonds. The van der Waals surface area contributed by atoms with Crippen LogP contribution in [0.25, 0.3) is 10.9 Å². The standard InChI is InChI=1S/C16H10BrCl2NO/c1-8-10(3-2-4-12(8)17)16(21)11-7-20-14-6-9(18)5-13(19)15(11)14/h2-7,20H,1H3. The minimum Gasteiger partial charge on any atom is -0.360 e. The van der Waals surface area contributed by atoms with Crippen molar-refractivity contribution in [2.24, 2.45) is 0 Å². The van der Waals surface area contributed by atoms with Gasteiger partial charge in [-0.1, -0.05) is 51.3 Å². The molecule has 0 atom stereocenters. The van der Waals surface area contributed by atoms with Crippen LogP contribution in [-0.2, 0) is 0 Å². The van der Waals surface area contributed by atoms with Crippen LogP contribution in [0.1, 0.15) is 21.5 Å². The molecule has 1 N–H and O–H groups in total. The second-order valence-electron chi connectivity index (χ2n) is 4.75. The molecule has 0 bridgehead atoms. The number of hydrogen-bond donors (Lipinski definition) is 1. The summed E-state index contributed by atoms with van der Waals surface area (Å²) in [5.74, 6) is -0.0655. The van der Waals surface area contributed by atoms with Gasteiger partial charge in [0, 0.05) is 37.7 Å². The lowest BCUT2D eigenvalue weighted by Gasteiger charge is -2.06. The number of fused-ring (bicyclic) bond motifs is 1. The van der Waals surface area contributed by atoms with Gasteiger partial charge in [0.15, 0.2) is 5.78 Å². The Balaban J connectivity index is 2.21. The van der Waals surface area contributed by atoms with Gasteiger partial charge >= 0.3 is 0 Å². The Labute approximate surface area is 140 Å². The van der Waals surface area contributed by atoms with Gasteiger partial charge in [0.2, 0.25) is 0 Å². The Kier molecular flexibility index (Phi) is 3.82. The molecule has 3 rings (SSSR count). The maximum Gasteiger partial charge on any atom is 0.195 e. The fourth-order valence-electron chi connectivity index (χ4n) is 2.36. The molecule has 0 aliphatic heterocycles. The van der Waals surface area contributed by atoms with Crippen molar-refractivity contribution in [3.8, 4) is 0 Å². The van der Waals surface area contributed by atoms with Crippen molar-refractivity contribution >= 4 is 55.8 Å². The van der Waals surface area contributed by atoms with Crippen molar-refractivity contribution in [3.05, 3.63) is 67.7 Å². The van der Waals surface area contributed by atoms with Crippen LogP contribution in [0.2, 0.25) is 10.0 Å². The van der Waals surface area contributed by atoms with Crippen LogP contribution < -0.4 is 0 Å². The molecule has 0 saturated heterocycles. The van der Waals surface area contributed by atoms with Gasteiger partial charge in [0.25, 0.3) is 0 Å². The molecule has 3 aromatic rings. The third kappa shape index (κ3) is 2.50. The van der Waals surface area contributed by atoms with Gasteiger partial charge in [-0.3, -0.25) is 4.79 Å². The number of aromatic nitrogens is 1. The lowest BCUT2D eigenvalue weighted by Crippen LogP contribution is -2.03. The molecule has 0 radical (unpaired) electrons. The number of ketones is 1. The summed E-state index contributed by atoms with van der Waals surface area (Å²) >= 11 is 15.7. The number of aromatic amines is 1. The molecule has 2 nitrogen and oxygen atoms in total. The molecule has 0 saturated carbocycles. The molecule has 2 aromatic carbocycles. The topological polar surface area (TPSA) is 32.9 Å². The predicted molar refractivity (Wildman–Crippen MR) is 90.6 cm³/mol. The van der Waals surface area contributed by atoms with Gasteiger partial charge in [-0.2, -0.15) is 0 Å². The number of nitrogens with one attached hydrogen (secondary N) is 1. The van der Waals surface area contributed by atoms with E-state index in [1.807, 2.05) is 25.1 Å². The largest absolute Gasteiger partial charge is 0.360 e. The van der Waals surface area contributed by atoms with E-state index < -0.39 is 0 Å². The minimum absolute atomic E-state index is 0.0655. The molecule has 1 aromatic heterocycles. The van der Waals surface area contributed by atoms with Crippen molar-refractivity contribution in [2.75, 3.05) is 0 Å². The maximum atomic E-state index is 12.8. The summed E-state index contributed by atoms with van der Waals surface area (Å²) in [6.45, 7) is 1.91. The van der Waals surface area contributed by atoms with Crippen LogP contribution in [0.5, 0.6) is 0 Å². The normalized spacial score (nSPS) is 11.0. The van der Waals surface area contributed by atoms with Crippen LogP contribution in [0.4, 0.5) is 0 Å². The SMILES string of the molecule is Cc1c(Br)cccc1C(=O)c1c[nH]c2cc(Cl)cc(Cl)c12. The van der Waals surface area contributed by atoms with E-state index in [0.717, 1.165) is 15.6 Å². The van der Waals surface area contributed by atoms with Crippen LogP contribution in [0.3, 0.4) is 0 Å². The highest BCUT2D eigenvalue weighted by Crippen LogP contribution is 2.32. The molecule has 5 heteroatoms. The second kappa shape index (κ2) is 5.48. The zero-order chi connectivity index (χ0) is 15.1. The van der Waals surface area contributed by atoms with E-state index in [-0.39, 0.29) is 5.78 Å². The number of halogens is 3. The van der Waals surface area contributed by atoms with Crippen molar-refractivity contribution in [1.82, 2.24) is 4.98 Å². The number of carbonyl (C=O) groups is 1. The molecule has 0 unspecified atom stereocenters. The number of rotatable bonds is 2. The summed E-state index contributed by atoms with van der Waals surface area (Å²) in [6, 6.07) is 8.97. The quantitative estimate of drug-likeness (QED) is 0.560. The van der Waals surface area contributed by atoms with Crippen LogP contribution >= 0.6 is 39.1 Å². The molecule has 0 spiro atoms. The Hall–Kier alpha value is -1.29.